The summed E-state index contributed by atoms with van der Waals surface area (Å²) in [4.78, 5) is 13.4. The molecule has 1 aliphatic heterocycles. The molecular weight excluding hydrogens is 433 g/mol. The fraction of sp³-hybridized carbons (Fsp3) is 0.348. The molecule has 7 nitrogen and oxygen atoms in total. The maximum Gasteiger partial charge on any atom is 0.416 e. The van der Waals surface area contributed by atoms with E-state index in [9.17, 15) is 13.2 Å². The molecule has 1 aromatic carbocycles. The summed E-state index contributed by atoms with van der Waals surface area (Å²) in [5.74, 6) is 2.41. The first kappa shape index (κ1) is 21.3. The minimum atomic E-state index is -4.35. The van der Waals surface area contributed by atoms with Crippen LogP contribution in [0.15, 0.2) is 53.1 Å². The van der Waals surface area contributed by atoms with Crippen molar-refractivity contribution in [3.63, 3.8) is 0 Å². The Bertz CT molecular complexity index is 1240. The molecule has 4 heterocycles. The van der Waals surface area contributed by atoms with Crippen LogP contribution >= 0.6 is 0 Å². The maximum atomic E-state index is 13.1. The number of furan rings is 1. The van der Waals surface area contributed by atoms with Crippen LogP contribution in [0.4, 0.5) is 24.7 Å². The Labute approximate surface area is 188 Å². The normalized spacial score (nSPS) is 14.9. The Balaban J connectivity index is 1.42. The zero-order valence-corrected chi connectivity index (χ0v) is 18.1. The van der Waals surface area contributed by atoms with Gasteiger partial charge in [0.15, 0.2) is 5.76 Å². The lowest BCUT2D eigenvalue weighted by Crippen LogP contribution is -2.47. The van der Waals surface area contributed by atoms with Gasteiger partial charge >= 0.3 is 6.18 Å². The quantitative estimate of drug-likeness (QED) is 0.435. The summed E-state index contributed by atoms with van der Waals surface area (Å²) in [5.41, 5.74) is 0.881. The molecule has 4 aromatic rings. The Morgan fingerprint density at radius 2 is 1.76 bits per heavy atom. The van der Waals surface area contributed by atoms with E-state index < -0.39 is 11.7 Å². The van der Waals surface area contributed by atoms with Crippen LogP contribution in [0.3, 0.4) is 0 Å². The first-order chi connectivity index (χ1) is 15.9. The number of aryl methyl sites for hydroxylation is 1. The lowest BCUT2D eigenvalue weighted by molar-refractivity contribution is -0.137. The highest BCUT2D eigenvalue weighted by Gasteiger charge is 2.31. The van der Waals surface area contributed by atoms with Crippen LogP contribution in [-0.2, 0) is 12.6 Å². The second-order valence-electron chi connectivity index (χ2n) is 8.00. The molecule has 33 heavy (non-hydrogen) atoms. The van der Waals surface area contributed by atoms with E-state index in [0.29, 0.717) is 49.2 Å². The molecule has 10 heteroatoms. The standard InChI is InChI=1S/C23H23F3N6O/c1-2-5-17-15-20(32-22(27-17)28-21(29-32)19-8-4-13-33-19)31-11-9-30(10-12-31)18-7-3-6-16(14-18)23(24,25)26/h3-4,6-8,13-15H,2,5,9-12H2,1H3. The first-order valence-corrected chi connectivity index (χ1v) is 10.9. The molecule has 0 amide bonds. The third kappa shape index (κ3) is 4.24. The number of anilines is 2. The molecule has 1 saturated heterocycles. The van der Waals surface area contributed by atoms with Crippen LogP contribution in [0.5, 0.6) is 0 Å². The molecule has 5 rings (SSSR count). The smallest absolute Gasteiger partial charge is 0.416 e. The lowest BCUT2D eigenvalue weighted by Gasteiger charge is -2.37. The van der Waals surface area contributed by atoms with E-state index in [-0.39, 0.29) is 0 Å². The third-order valence-electron chi connectivity index (χ3n) is 5.74. The number of piperazine rings is 1. The SMILES string of the molecule is CCCc1cc(N2CCN(c3cccc(C(F)(F)F)c3)CC2)n2nc(-c3ccco3)nc2n1. The molecule has 0 bridgehead atoms. The Morgan fingerprint density at radius 3 is 2.45 bits per heavy atom. The van der Waals surface area contributed by atoms with Crippen LogP contribution < -0.4 is 9.80 Å². The highest BCUT2D eigenvalue weighted by Crippen LogP contribution is 2.32. The fourth-order valence-corrected chi connectivity index (χ4v) is 4.09. The van der Waals surface area contributed by atoms with Crippen molar-refractivity contribution >= 4 is 17.3 Å². The topological polar surface area (TPSA) is 62.7 Å². The molecule has 1 aliphatic rings. The van der Waals surface area contributed by atoms with Crippen molar-refractivity contribution < 1.29 is 17.6 Å². The average Bonchev–Trinajstić information content (AvgIpc) is 3.48. The largest absolute Gasteiger partial charge is 0.461 e. The highest BCUT2D eigenvalue weighted by atomic mass is 19.4. The summed E-state index contributed by atoms with van der Waals surface area (Å²) in [6.07, 6.45) is -1.01. The van der Waals surface area contributed by atoms with Crippen LogP contribution in [-0.4, -0.2) is 45.8 Å². The molecule has 0 saturated carbocycles. The van der Waals surface area contributed by atoms with E-state index in [2.05, 4.69) is 26.9 Å². The van der Waals surface area contributed by atoms with Crippen molar-refractivity contribution in [3.8, 4) is 11.6 Å². The number of benzene rings is 1. The highest BCUT2D eigenvalue weighted by molar-refractivity contribution is 5.56. The number of hydrogen-bond acceptors (Lipinski definition) is 6. The summed E-state index contributed by atoms with van der Waals surface area (Å²) in [7, 11) is 0. The van der Waals surface area contributed by atoms with Gasteiger partial charge in [-0.15, -0.1) is 5.10 Å². The van der Waals surface area contributed by atoms with Crippen molar-refractivity contribution in [2.45, 2.75) is 25.9 Å². The van der Waals surface area contributed by atoms with Gasteiger partial charge in [0, 0.05) is 43.6 Å². The molecule has 3 aromatic heterocycles. The van der Waals surface area contributed by atoms with Gasteiger partial charge in [-0.3, -0.25) is 0 Å². The minimum absolute atomic E-state index is 0.463. The summed E-state index contributed by atoms with van der Waals surface area (Å²) < 4.78 is 46.5. The molecule has 172 valence electrons. The van der Waals surface area contributed by atoms with Gasteiger partial charge in [0.05, 0.1) is 11.8 Å². The fourth-order valence-electron chi connectivity index (χ4n) is 4.09. The van der Waals surface area contributed by atoms with E-state index in [0.717, 1.165) is 30.4 Å². The van der Waals surface area contributed by atoms with Gasteiger partial charge in [-0.2, -0.15) is 22.7 Å². The van der Waals surface area contributed by atoms with Gasteiger partial charge in [0.1, 0.15) is 5.82 Å². The zero-order chi connectivity index (χ0) is 23.0. The number of halogens is 3. The summed E-state index contributed by atoms with van der Waals surface area (Å²) >= 11 is 0. The number of alkyl halides is 3. The Hall–Kier alpha value is -3.56. The summed E-state index contributed by atoms with van der Waals surface area (Å²) in [5, 5.41) is 4.62. The molecule has 0 aliphatic carbocycles. The van der Waals surface area contributed by atoms with Gasteiger partial charge in [-0.25, -0.2) is 4.98 Å². The van der Waals surface area contributed by atoms with Crippen LogP contribution in [0.2, 0.25) is 0 Å². The zero-order valence-electron chi connectivity index (χ0n) is 18.1. The van der Waals surface area contributed by atoms with Gasteiger partial charge in [-0.1, -0.05) is 19.4 Å². The first-order valence-electron chi connectivity index (χ1n) is 10.9. The molecule has 0 radical (unpaired) electrons. The lowest BCUT2D eigenvalue weighted by atomic mass is 10.1. The number of hydrogen-bond donors (Lipinski definition) is 0. The minimum Gasteiger partial charge on any atom is -0.461 e. The molecule has 1 fully saturated rings. The predicted octanol–water partition coefficient (Wildman–Crippen LogP) is 4.68. The summed E-state index contributed by atoms with van der Waals surface area (Å²) in [6.45, 7) is 4.55. The number of aromatic nitrogens is 4. The number of nitrogens with zero attached hydrogens (tertiary/aromatic N) is 6. The van der Waals surface area contributed by atoms with Crippen LogP contribution in [0.25, 0.3) is 17.4 Å². The predicted molar refractivity (Wildman–Crippen MR) is 118 cm³/mol. The van der Waals surface area contributed by atoms with E-state index in [1.165, 1.54) is 12.1 Å². The van der Waals surface area contributed by atoms with E-state index in [1.54, 1.807) is 29.0 Å². The van der Waals surface area contributed by atoms with Gasteiger partial charge in [0.2, 0.25) is 5.82 Å². The van der Waals surface area contributed by atoms with E-state index in [1.807, 2.05) is 11.0 Å². The number of rotatable bonds is 5. The monoisotopic (exact) mass is 456 g/mol. The molecule has 0 N–H and O–H groups in total. The van der Waals surface area contributed by atoms with Gasteiger partial charge in [0.25, 0.3) is 5.78 Å². The van der Waals surface area contributed by atoms with Crippen molar-refractivity contribution in [1.29, 1.82) is 0 Å². The van der Waals surface area contributed by atoms with Gasteiger partial charge < -0.3 is 14.2 Å². The Morgan fingerprint density at radius 1 is 0.970 bits per heavy atom. The van der Waals surface area contributed by atoms with E-state index >= 15 is 0 Å². The molecule has 0 atom stereocenters. The van der Waals surface area contributed by atoms with Crippen molar-refractivity contribution in [2.24, 2.45) is 0 Å². The Kier molecular flexibility index (Phi) is 5.43. The maximum absolute atomic E-state index is 13.1. The van der Waals surface area contributed by atoms with Crippen molar-refractivity contribution in [1.82, 2.24) is 19.6 Å². The number of fused-ring (bicyclic) bond motifs is 1. The van der Waals surface area contributed by atoms with Gasteiger partial charge in [-0.05, 0) is 36.8 Å². The second kappa shape index (κ2) is 8.42. The second-order valence-corrected chi connectivity index (χ2v) is 8.00. The molecule has 0 unspecified atom stereocenters. The summed E-state index contributed by atoms with van der Waals surface area (Å²) in [6, 6.07) is 11.1. The molecular formula is C23H23F3N6O. The van der Waals surface area contributed by atoms with Crippen LogP contribution in [0, 0.1) is 0 Å². The van der Waals surface area contributed by atoms with Crippen molar-refractivity contribution in [3.05, 3.63) is 60.0 Å². The average molecular weight is 456 g/mol. The van der Waals surface area contributed by atoms with Crippen molar-refractivity contribution in [2.75, 3.05) is 36.0 Å². The molecule has 0 spiro atoms. The van der Waals surface area contributed by atoms with Crippen LogP contribution in [0.1, 0.15) is 24.6 Å². The van der Waals surface area contributed by atoms with E-state index in [4.69, 9.17) is 4.42 Å². The third-order valence-corrected chi connectivity index (χ3v) is 5.74.